The number of rotatable bonds is 0. The van der Waals surface area contributed by atoms with E-state index in [9.17, 15) is 4.79 Å². The fraction of sp³-hybridized carbons (Fsp3) is 0.750. The van der Waals surface area contributed by atoms with Crippen molar-refractivity contribution in [3.8, 4) is 11.8 Å². The van der Waals surface area contributed by atoms with E-state index in [-0.39, 0.29) is 5.91 Å². The third kappa shape index (κ3) is 3.41. The Morgan fingerprint density at radius 3 is 2.36 bits per heavy atom. The first-order valence-corrected chi connectivity index (χ1v) is 5.36. The first-order chi connectivity index (χ1) is 6.59. The summed E-state index contributed by atoms with van der Waals surface area (Å²) in [6, 6.07) is 0. The SMILES string of the molecule is CC(=O)N1CCC(C#CC(C)C)CC1. The van der Waals surface area contributed by atoms with E-state index >= 15 is 0 Å². The Balaban J connectivity index is 2.37. The molecule has 1 rings (SSSR count). The van der Waals surface area contributed by atoms with Crippen LogP contribution in [0.25, 0.3) is 0 Å². The molecule has 0 N–H and O–H groups in total. The molecular weight excluding hydrogens is 174 g/mol. The largest absolute Gasteiger partial charge is 0.343 e. The number of hydrogen-bond donors (Lipinski definition) is 0. The zero-order valence-corrected chi connectivity index (χ0v) is 9.34. The summed E-state index contributed by atoms with van der Waals surface area (Å²) in [6.45, 7) is 7.62. The summed E-state index contributed by atoms with van der Waals surface area (Å²) in [7, 11) is 0. The van der Waals surface area contributed by atoms with Crippen LogP contribution in [0.4, 0.5) is 0 Å². The molecule has 0 spiro atoms. The van der Waals surface area contributed by atoms with Gasteiger partial charge in [0.1, 0.15) is 0 Å². The lowest BCUT2D eigenvalue weighted by molar-refractivity contribution is -0.129. The van der Waals surface area contributed by atoms with Gasteiger partial charge in [-0.2, -0.15) is 0 Å². The molecule has 1 fully saturated rings. The number of carbonyl (C=O) groups is 1. The molecule has 0 saturated carbocycles. The molecule has 1 heterocycles. The number of carbonyl (C=O) groups excluding carboxylic acids is 1. The molecule has 1 aliphatic heterocycles. The summed E-state index contributed by atoms with van der Waals surface area (Å²) in [5, 5.41) is 0. The van der Waals surface area contributed by atoms with Crippen molar-refractivity contribution in [3.63, 3.8) is 0 Å². The van der Waals surface area contributed by atoms with Gasteiger partial charge in [0.05, 0.1) is 0 Å². The molecule has 0 aromatic rings. The molecule has 1 saturated heterocycles. The van der Waals surface area contributed by atoms with Crippen LogP contribution in [-0.4, -0.2) is 23.9 Å². The van der Waals surface area contributed by atoms with Crippen LogP contribution in [0.2, 0.25) is 0 Å². The van der Waals surface area contributed by atoms with E-state index in [1.54, 1.807) is 6.92 Å². The van der Waals surface area contributed by atoms with Crippen molar-refractivity contribution < 1.29 is 4.79 Å². The lowest BCUT2D eigenvalue weighted by Crippen LogP contribution is -2.36. The van der Waals surface area contributed by atoms with Crippen LogP contribution in [-0.2, 0) is 4.79 Å². The van der Waals surface area contributed by atoms with Crippen LogP contribution in [0, 0.1) is 23.7 Å². The molecule has 0 aromatic heterocycles. The molecule has 78 valence electrons. The Morgan fingerprint density at radius 2 is 1.93 bits per heavy atom. The highest BCUT2D eigenvalue weighted by Gasteiger charge is 2.18. The first kappa shape index (κ1) is 11.1. The van der Waals surface area contributed by atoms with Crippen LogP contribution >= 0.6 is 0 Å². The second-order valence-corrected chi connectivity index (χ2v) is 4.22. The molecule has 2 heteroatoms. The Hall–Kier alpha value is -0.970. The van der Waals surface area contributed by atoms with Crippen molar-refractivity contribution in [2.45, 2.75) is 33.6 Å². The molecule has 0 bridgehead atoms. The van der Waals surface area contributed by atoms with Gasteiger partial charge in [0, 0.05) is 31.8 Å². The molecule has 0 radical (unpaired) electrons. The van der Waals surface area contributed by atoms with Gasteiger partial charge in [0.2, 0.25) is 5.91 Å². The molecule has 14 heavy (non-hydrogen) atoms. The third-order valence-electron chi connectivity index (χ3n) is 2.52. The molecular formula is C12H19NO. The zero-order chi connectivity index (χ0) is 10.6. The summed E-state index contributed by atoms with van der Waals surface area (Å²) in [4.78, 5) is 13.0. The van der Waals surface area contributed by atoms with Crippen LogP contribution < -0.4 is 0 Å². The predicted molar refractivity (Wildman–Crippen MR) is 57.6 cm³/mol. The fourth-order valence-corrected chi connectivity index (χ4v) is 1.62. The van der Waals surface area contributed by atoms with Crippen molar-refractivity contribution in [1.29, 1.82) is 0 Å². The van der Waals surface area contributed by atoms with Crippen molar-refractivity contribution in [1.82, 2.24) is 4.90 Å². The van der Waals surface area contributed by atoms with Gasteiger partial charge in [0.15, 0.2) is 0 Å². The fourth-order valence-electron chi connectivity index (χ4n) is 1.62. The van der Waals surface area contributed by atoms with Gasteiger partial charge in [-0.1, -0.05) is 19.8 Å². The average molecular weight is 193 g/mol. The molecule has 0 unspecified atom stereocenters. The molecule has 0 aromatic carbocycles. The van der Waals surface area contributed by atoms with Gasteiger partial charge >= 0.3 is 0 Å². The lowest BCUT2D eigenvalue weighted by Gasteiger charge is -2.28. The second-order valence-electron chi connectivity index (χ2n) is 4.22. The first-order valence-electron chi connectivity index (χ1n) is 5.36. The highest BCUT2D eigenvalue weighted by atomic mass is 16.2. The van der Waals surface area contributed by atoms with Crippen LogP contribution in [0.15, 0.2) is 0 Å². The smallest absolute Gasteiger partial charge is 0.219 e. The monoisotopic (exact) mass is 193 g/mol. The summed E-state index contributed by atoms with van der Waals surface area (Å²) in [6.07, 6.45) is 2.08. The molecule has 0 aliphatic carbocycles. The number of nitrogens with zero attached hydrogens (tertiary/aromatic N) is 1. The number of likely N-dealkylation sites (tertiary alicyclic amines) is 1. The minimum absolute atomic E-state index is 0.195. The van der Waals surface area contributed by atoms with E-state index in [4.69, 9.17) is 0 Å². The van der Waals surface area contributed by atoms with E-state index in [1.165, 1.54) is 0 Å². The Bertz CT molecular complexity index is 251. The van der Waals surface area contributed by atoms with Crippen molar-refractivity contribution in [3.05, 3.63) is 0 Å². The van der Waals surface area contributed by atoms with Crippen LogP contribution in [0.1, 0.15) is 33.6 Å². The standard InChI is InChI=1S/C12H19NO/c1-10(2)4-5-12-6-8-13(9-7-12)11(3)14/h10,12H,6-9H2,1-3H3. The minimum atomic E-state index is 0.195. The maximum Gasteiger partial charge on any atom is 0.219 e. The molecule has 1 aliphatic rings. The quantitative estimate of drug-likeness (QED) is 0.538. The highest BCUT2D eigenvalue weighted by Crippen LogP contribution is 2.16. The van der Waals surface area contributed by atoms with E-state index in [2.05, 4.69) is 25.7 Å². The zero-order valence-electron chi connectivity index (χ0n) is 9.34. The summed E-state index contributed by atoms with van der Waals surface area (Å²) < 4.78 is 0. The molecule has 0 atom stereocenters. The van der Waals surface area contributed by atoms with E-state index < -0.39 is 0 Å². The van der Waals surface area contributed by atoms with Gasteiger partial charge in [0.25, 0.3) is 0 Å². The topological polar surface area (TPSA) is 20.3 Å². The summed E-state index contributed by atoms with van der Waals surface area (Å²) in [5.74, 6) is 7.66. The average Bonchev–Trinajstić information content (AvgIpc) is 2.15. The van der Waals surface area contributed by atoms with Crippen molar-refractivity contribution in [2.24, 2.45) is 11.8 Å². The summed E-state index contributed by atoms with van der Waals surface area (Å²) in [5.41, 5.74) is 0. The van der Waals surface area contributed by atoms with E-state index in [1.807, 2.05) is 4.90 Å². The number of piperidine rings is 1. The van der Waals surface area contributed by atoms with Crippen LogP contribution in [0.3, 0.4) is 0 Å². The minimum Gasteiger partial charge on any atom is -0.343 e. The normalized spacial score (nSPS) is 17.9. The predicted octanol–water partition coefficient (Wildman–Crippen LogP) is 1.90. The van der Waals surface area contributed by atoms with Gasteiger partial charge in [-0.15, -0.1) is 5.92 Å². The maximum absolute atomic E-state index is 11.1. The summed E-state index contributed by atoms with van der Waals surface area (Å²) >= 11 is 0. The highest BCUT2D eigenvalue weighted by molar-refractivity contribution is 5.73. The lowest BCUT2D eigenvalue weighted by atomic mass is 9.97. The number of hydrogen-bond acceptors (Lipinski definition) is 1. The number of amides is 1. The van der Waals surface area contributed by atoms with Crippen molar-refractivity contribution >= 4 is 5.91 Å². The van der Waals surface area contributed by atoms with Gasteiger partial charge < -0.3 is 4.90 Å². The van der Waals surface area contributed by atoms with Gasteiger partial charge in [-0.25, -0.2) is 0 Å². The maximum atomic E-state index is 11.1. The second kappa shape index (κ2) is 5.05. The van der Waals surface area contributed by atoms with E-state index in [0.717, 1.165) is 25.9 Å². The van der Waals surface area contributed by atoms with Crippen molar-refractivity contribution in [2.75, 3.05) is 13.1 Å². The van der Waals surface area contributed by atoms with Gasteiger partial charge in [-0.05, 0) is 12.8 Å². The Kier molecular flexibility index (Phi) is 4.00. The third-order valence-corrected chi connectivity index (χ3v) is 2.52. The molecule has 1 amide bonds. The molecule has 2 nitrogen and oxygen atoms in total. The van der Waals surface area contributed by atoms with E-state index in [0.29, 0.717) is 11.8 Å². The Labute approximate surface area is 86.7 Å². The van der Waals surface area contributed by atoms with Crippen LogP contribution in [0.5, 0.6) is 0 Å². The Morgan fingerprint density at radius 1 is 1.36 bits per heavy atom. The van der Waals surface area contributed by atoms with Gasteiger partial charge in [-0.3, -0.25) is 4.79 Å².